The Bertz CT molecular complexity index is 854. The molecule has 148 valence electrons. The molecule has 1 aromatic heterocycles. The van der Waals surface area contributed by atoms with Gasteiger partial charge in [-0.25, -0.2) is 9.07 Å². The Hall–Kier alpha value is -2.77. The second-order valence-corrected chi connectivity index (χ2v) is 7.57. The van der Waals surface area contributed by atoms with Gasteiger partial charge in [-0.2, -0.15) is 0 Å². The van der Waals surface area contributed by atoms with Gasteiger partial charge in [0.1, 0.15) is 5.82 Å². The second-order valence-electron chi connectivity index (χ2n) is 7.57. The van der Waals surface area contributed by atoms with E-state index in [2.05, 4.69) is 15.6 Å². The summed E-state index contributed by atoms with van der Waals surface area (Å²) in [6, 6.07) is 5.94. The van der Waals surface area contributed by atoms with E-state index >= 15 is 0 Å². The number of rotatable bonds is 4. The Morgan fingerprint density at radius 3 is 2.57 bits per heavy atom. The van der Waals surface area contributed by atoms with Crippen molar-refractivity contribution in [3.63, 3.8) is 0 Å². The van der Waals surface area contributed by atoms with Crippen molar-refractivity contribution >= 4 is 11.8 Å². The number of nitrogens with one attached hydrogen (secondary N) is 1. The van der Waals surface area contributed by atoms with Crippen LogP contribution in [0.25, 0.3) is 0 Å². The first-order valence-electron chi connectivity index (χ1n) is 9.88. The fraction of sp³-hybridized carbons (Fsp3) is 0.500. The van der Waals surface area contributed by atoms with Crippen molar-refractivity contribution in [1.29, 1.82) is 0 Å². The zero-order chi connectivity index (χ0) is 19.5. The number of carbonyl (C=O) groups excluding carboxylic acids is 2. The maximum absolute atomic E-state index is 13.3. The van der Waals surface area contributed by atoms with Crippen molar-refractivity contribution in [3.8, 4) is 0 Å². The third-order valence-corrected chi connectivity index (χ3v) is 5.62. The molecule has 0 unspecified atom stereocenters. The van der Waals surface area contributed by atoms with E-state index in [1.807, 2.05) is 4.90 Å². The molecule has 0 atom stereocenters. The maximum Gasteiger partial charge on any atom is 0.276 e. The van der Waals surface area contributed by atoms with E-state index in [0.29, 0.717) is 11.3 Å². The van der Waals surface area contributed by atoms with Gasteiger partial charge in [-0.1, -0.05) is 11.3 Å². The predicted octanol–water partition coefficient (Wildman–Crippen LogP) is 2.57. The van der Waals surface area contributed by atoms with Crippen molar-refractivity contribution < 1.29 is 14.0 Å². The minimum atomic E-state index is -0.415. The summed E-state index contributed by atoms with van der Waals surface area (Å²) in [7, 11) is 0. The van der Waals surface area contributed by atoms with Crippen LogP contribution in [0.4, 0.5) is 4.39 Å². The van der Waals surface area contributed by atoms with E-state index < -0.39 is 5.82 Å². The highest BCUT2D eigenvalue weighted by molar-refractivity contribution is 5.94. The highest BCUT2D eigenvalue weighted by Gasteiger charge is 2.27. The van der Waals surface area contributed by atoms with Crippen LogP contribution >= 0.6 is 0 Å². The molecule has 0 radical (unpaired) electrons. The van der Waals surface area contributed by atoms with Gasteiger partial charge in [0, 0.05) is 24.7 Å². The first-order valence-corrected chi connectivity index (χ1v) is 9.88. The van der Waals surface area contributed by atoms with E-state index in [9.17, 15) is 14.0 Å². The SMILES string of the molecule is O=C(N[C@H]1CC[C@@H](n2cc(C(=O)N3CCCC3)nn2)CC1)c1cccc(F)c1. The summed E-state index contributed by atoms with van der Waals surface area (Å²) in [5, 5.41) is 11.2. The maximum atomic E-state index is 13.3. The van der Waals surface area contributed by atoms with Crippen LogP contribution in [-0.4, -0.2) is 50.8 Å². The number of likely N-dealkylation sites (tertiary alicyclic amines) is 1. The molecule has 2 fully saturated rings. The van der Waals surface area contributed by atoms with Crippen LogP contribution in [0.3, 0.4) is 0 Å². The molecule has 2 aliphatic rings. The highest BCUT2D eigenvalue weighted by atomic mass is 19.1. The van der Waals surface area contributed by atoms with Crippen molar-refractivity contribution in [2.45, 2.75) is 50.6 Å². The van der Waals surface area contributed by atoms with Crippen LogP contribution in [-0.2, 0) is 0 Å². The second kappa shape index (κ2) is 8.08. The number of aromatic nitrogens is 3. The molecule has 2 amide bonds. The van der Waals surface area contributed by atoms with E-state index in [-0.39, 0.29) is 23.9 Å². The standard InChI is InChI=1S/C20H24FN5O2/c21-15-5-3-4-14(12-15)19(27)22-16-6-8-17(9-7-16)26-13-18(23-24-26)20(28)25-10-1-2-11-25/h3-5,12-13,16-17H,1-2,6-11H2,(H,22,27)/t16-,17+. The van der Waals surface area contributed by atoms with Crippen molar-refractivity contribution in [3.05, 3.63) is 47.5 Å². The van der Waals surface area contributed by atoms with Crippen molar-refractivity contribution in [2.24, 2.45) is 0 Å². The normalized spacial score (nSPS) is 22.2. The minimum absolute atomic E-state index is 0.0419. The molecule has 28 heavy (non-hydrogen) atoms. The van der Waals surface area contributed by atoms with Gasteiger partial charge in [-0.3, -0.25) is 9.59 Å². The Balaban J connectivity index is 1.30. The first kappa shape index (κ1) is 18.6. The lowest BCUT2D eigenvalue weighted by atomic mass is 9.91. The third kappa shape index (κ3) is 4.05. The number of halogens is 1. The van der Waals surface area contributed by atoms with Crippen molar-refractivity contribution in [2.75, 3.05) is 13.1 Å². The quantitative estimate of drug-likeness (QED) is 0.877. The van der Waals surface area contributed by atoms with Crippen LogP contribution < -0.4 is 5.32 Å². The van der Waals surface area contributed by atoms with E-state index in [1.54, 1.807) is 16.9 Å². The van der Waals surface area contributed by atoms with Gasteiger partial charge in [0.2, 0.25) is 0 Å². The molecule has 1 aliphatic carbocycles. The lowest BCUT2D eigenvalue weighted by Gasteiger charge is -2.29. The Kier molecular flexibility index (Phi) is 5.36. The number of benzene rings is 1. The minimum Gasteiger partial charge on any atom is -0.349 e. The Morgan fingerprint density at radius 1 is 1.11 bits per heavy atom. The molecule has 1 saturated carbocycles. The molecule has 0 bridgehead atoms. The number of nitrogens with zero attached hydrogens (tertiary/aromatic N) is 4. The van der Waals surface area contributed by atoms with Gasteiger partial charge < -0.3 is 10.2 Å². The molecule has 0 spiro atoms. The molecule has 2 aromatic rings. The van der Waals surface area contributed by atoms with E-state index in [4.69, 9.17) is 0 Å². The summed E-state index contributed by atoms with van der Waals surface area (Å²) in [6.07, 6.45) is 7.14. The summed E-state index contributed by atoms with van der Waals surface area (Å²) in [6.45, 7) is 1.59. The third-order valence-electron chi connectivity index (χ3n) is 5.62. The van der Waals surface area contributed by atoms with E-state index in [0.717, 1.165) is 51.6 Å². The molecule has 1 N–H and O–H groups in total. The highest BCUT2D eigenvalue weighted by Crippen LogP contribution is 2.28. The molecule has 4 rings (SSSR count). The van der Waals surface area contributed by atoms with Gasteiger partial charge >= 0.3 is 0 Å². The van der Waals surface area contributed by atoms with Crippen molar-refractivity contribution in [1.82, 2.24) is 25.2 Å². The number of hydrogen-bond acceptors (Lipinski definition) is 4. The fourth-order valence-corrected chi connectivity index (χ4v) is 4.02. The number of hydrogen-bond donors (Lipinski definition) is 1. The largest absolute Gasteiger partial charge is 0.349 e. The van der Waals surface area contributed by atoms with Crippen LogP contribution in [0.15, 0.2) is 30.5 Å². The summed E-state index contributed by atoms with van der Waals surface area (Å²) in [5.74, 6) is -0.705. The topological polar surface area (TPSA) is 80.1 Å². The smallest absolute Gasteiger partial charge is 0.276 e. The van der Waals surface area contributed by atoms with Gasteiger partial charge in [0.05, 0.1) is 12.2 Å². The van der Waals surface area contributed by atoms with Gasteiger partial charge in [0.25, 0.3) is 11.8 Å². The summed E-state index contributed by atoms with van der Waals surface area (Å²) in [4.78, 5) is 26.5. The molecule has 1 aliphatic heterocycles. The lowest BCUT2D eigenvalue weighted by molar-refractivity contribution is 0.0786. The van der Waals surface area contributed by atoms with Crippen LogP contribution in [0, 0.1) is 5.82 Å². The first-order chi connectivity index (χ1) is 13.6. The molecule has 8 heteroatoms. The molecule has 1 aromatic carbocycles. The van der Waals surface area contributed by atoms with Crippen LogP contribution in [0.1, 0.15) is 65.4 Å². The fourth-order valence-electron chi connectivity index (χ4n) is 4.02. The number of amides is 2. The average molecular weight is 385 g/mol. The molecule has 7 nitrogen and oxygen atoms in total. The zero-order valence-corrected chi connectivity index (χ0v) is 15.7. The van der Waals surface area contributed by atoms with Crippen LogP contribution in [0.5, 0.6) is 0 Å². The van der Waals surface area contributed by atoms with Crippen LogP contribution in [0.2, 0.25) is 0 Å². The summed E-state index contributed by atoms with van der Waals surface area (Å²) >= 11 is 0. The molecular formula is C20H24FN5O2. The Labute approximate surface area is 162 Å². The lowest BCUT2D eigenvalue weighted by Crippen LogP contribution is -2.38. The van der Waals surface area contributed by atoms with Gasteiger partial charge in [0.15, 0.2) is 5.69 Å². The van der Waals surface area contributed by atoms with Gasteiger partial charge in [-0.05, 0) is 56.7 Å². The molecule has 1 saturated heterocycles. The zero-order valence-electron chi connectivity index (χ0n) is 15.7. The summed E-state index contributed by atoms with van der Waals surface area (Å²) < 4.78 is 15.1. The predicted molar refractivity (Wildman–Crippen MR) is 100 cm³/mol. The average Bonchev–Trinajstić information content (AvgIpc) is 3.40. The number of carbonyl (C=O) groups is 2. The monoisotopic (exact) mass is 385 g/mol. The summed E-state index contributed by atoms with van der Waals surface area (Å²) in [5.41, 5.74) is 0.742. The molecule has 2 heterocycles. The van der Waals surface area contributed by atoms with E-state index in [1.165, 1.54) is 18.2 Å². The Morgan fingerprint density at radius 2 is 1.86 bits per heavy atom. The molecular weight excluding hydrogens is 361 g/mol. The van der Waals surface area contributed by atoms with Gasteiger partial charge in [-0.15, -0.1) is 5.10 Å².